The lowest BCUT2D eigenvalue weighted by Gasteiger charge is -2.22. The second-order valence-corrected chi connectivity index (χ2v) is 9.84. The van der Waals surface area contributed by atoms with Crippen molar-refractivity contribution in [2.24, 2.45) is 5.14 Å². The van der Waals surface area contributed by atoms with E-state index in [2.05, 4.69) is 68.4 Å². The van der Waals surface area contributed by atoms with Gasteiger partial charge in [-0.15, -0.1) is 0 Å². The van der Waals surface area contributed by atoms with Crippen molar-refractivity contribution in [2.75, 3.05) is 24.4 Å². The average Bonchev–Trinajstić information content (AvgIpc) is 2.55. The fourth-order valence-corrected chi connectivity index (χ4v) is 5.73. The molecule has 1 aromatic carbocycles. The Morgan fingerprint density at radius 1 is 1.25 bits per heavy atom. The minimum atomic E-state index is -3.90. The minimum Gasteiger partial charge on any atom is -0.391 e. The number of aliphatic hydroxyl groups excluding tert-OH is 1. The Labute approximate surface area is 187 Å². The van der Waals surface area contributed by atoms with Crippen LogP contribution in [-0.4, -0.2) is 49.4 Å². The normalized spacial score (nSPS) is 13.8. The zero-order valence-corrected chi connectivity index (χ0v) is 20.4. The van der Waals surface area contributed by atoms with Crippen LogP contribution >= 0.6 is 47.8 Å². The number of methoxy groups -OCH3 is 1. The molecule has 0 saturated carbocycles. The molecule has 1 aromatic heterocycles. The molecule has 0 saturated heterocycles. The third-order valence-electron chi connectivity index (χ3n) is 3.53. The monoisotopic (exact) mass is 601 g/mol. The highest BCUT2D eigenvalue weighted by Crippen LogP contribution is 2.33. The first kappa shape index (κ1) is 23.4. The molecule has 0 bridgehead atoms. The van der Waals surface area contributed by atoms with E-state index in [1.165, 1.54) is 0 Å². The van der Waals surface area contributed by atoms with Crippen LogP contribution in [0.5, 0.6) is 0 Å². The topological polar surface area (TPSA) is 139 Å². The first-order chi connectivity index (χ1) is 13.0. The molecule has 0 radical (unpaired) electrons. The van der Waals surface area contributed by atoms with Gasteiger partial charge in [0.05, 0.1) is 23.2 Å². The summed E-state index contributed by atoms with van der Waals surface area (Å²) in [7, 11) is -2.36. The van der Waals surface area contributed by atoms with Crippen LogP contribution in [0.1, 0.15) is 6.92 Å². The van der Waals surface area contributed by atoms with Crippen LogP contribution < -0.4 is 15.8 Å². The van der Waals surface area contributed by atoms with E-state index < -0.39 is 16.1 Å². The Kier molecular flexibility index (Phi) is 8.19. The maximum atomic E-state index is 11.7. The molecule has 0 aliphatic heterocycles. The van der Waals surface area contributed by atoms with Gasteiger partial charge in [0.2, 0.25) is 16.0 Å². The summed E-state index contributed by atoms with van der Waals surface area (Å²) in [6.45, 7) is 1.93. The molecular formula is C15H18Br3N5O4S. The molecule has 2 aromatic rings. The number of nitrogens with zero attached hydrogens (tertiary/aromatic N) is 2. The van der Waals surface area contributed by atoms with E-state index >= 15 is 0 Å². The smallest absolute Gasteiger partial charge is 0.240 e. The van der Waals surface area contributed by atoms with Crippen LogP contribution in [0.15, 0.2) is 36.6 Å². The Hall–Kier alpha value is -0.830. The fraction of sp³-hybridized carbons (Fsp3) is 0.333. The van der Waals surface area contributed by atoms with Crippen molar-refractivity contribution in [1.29, 1.82) is 0 Å². The number of nitrogens with two attached hydrogens (primary N) is 1. The Morgan fingerprint density at radius 2 is 1.86 bits per heavy atom. The third kappa shape index (κ3) is 6.08. The van der Waals surface area contributed by atoms with E-state index in [0.717, 1.165) is 0 Å². The summed E-state index contributed by atoms with van der Waals surface area (Å²) in [5.41, 5.74) is 0.531. The molecule has 154 valence electrons. The van der Waals surface area contributed by atoms with Crippen molar-refractivity contribution in [3.63, 3.8) is 0 Å². The summed E-state index contributed by atoms with van der Waals surface area (Å²) in [5, 5.41) is 21.2. The largest absolute Gasteiger partial charge is 0.391 e. The van der Waals surface area contributed by atoms with Crippen molar-refractivity contribution < 1.29 is 18.3 Å². The number of benzene rings is 1. The number of ether oxygens (including phenoxy) is 1. The van der Waals surface area contributed by atoms with Gasteiger partial charge in [-0.05, 0) is 66.8 Å². The quantitative estimate of drug-likeness (QED) is 0.361. The lowest BCUT2D eigenvalue weighted by atomic mass is 10.2. The van der Waals surface area contributed by atoms with Crippen molar-refractivity contribution in [1.82, 2.24) is 9.97 Å². The van der Waals surface area contributed by atoms with Crippen LogP contribution in [0.3, 0.4) is 0 Å². The van der Waals surface area contributed by atoms with Gasteiger partial charge in [0.25, 0.3) is 0 Å². The number of sulfonamides is 1. The average molecular weight is 604 g/mol. The molecule has 13 heteroatoms. The van der Waals surface area contributed by atoms with Gasteiger partial charge in [-0.25, -0.2) is 18.5 Å². The number of aliphatic hydroxyl groups is 1. The second-order valence-electron chi connectivity index (χ2n) is 5.78. The summed E-state index contributed by atoms with van der Waals surface area (Å²) in [6.07, 6.45) is 0.878. The molecule has 5 N–H and O–H groups in total. The molecular weight excluding hydrogens is 586 g/mol. The summed E-state index contributed by atoms with van der Waals surface area (Å²) in [4.78, 5) is 8.51. The predicted molar refractivity (Wildman–Crippen MR) is 117 cm³/mol. The Morgan fingerprint density at radius 3 is 2.36 bits per heavy atom. The lowest BCUT2D eigenvalue weighted by Crippen LogP contribution is -2.36. The maximum Gasteiger partial charge on any atom is 0.240 e. The van der Waals surface area contributed by atoms with Crippen molar-refractivity contribution in [3.8, 4) is 0 Å². The van der Waals surface area contributed by atoms with E-state index in [1.54, 1.807) is 32.4 Å². The molecule has 0 spiro atoms. The molecule has 2 rings (SSSR count). The second kappa shape index (κ2) is 9.78. The molecule has 9 nitrogen and oxygen atoms in total. The van der Waals surface area contributed by atoms with E-state index in [-0.39, 0.29) is 32.4 Å². The van der Waals surface area contributed by atoms with Gasteiger partial charge in [-0.3, -0.25) is 0 Å². The molecule has 2 atom stereocenters. The van der Waals surface area contributed by atoms with Gasteiger partial charge >= 0.3 is 0 Å². The van der Waals surface area contributed by atoms with Crippen molar-refractivity contribution in [2.45, 2.75) is 24.0 Å². The van der Waals surface area contributed by atoms with Gasteiger partial charge in [-0.2, -0.15) is 4.98 Å². The number of hydrogen-bond acceptors (Lipinski definition) is 8. The van der Waals surface area contributed by atoms with Crippen molar-refractivity contribution in [3.05, 3.63) is 31.7 Å². The van der Waals surface area contributed by atoms with Crippen LogP contribution in [0, 0.1) is 0 Å². The van der Waals surface area contributed by atoms with Crippen LogP contribution in [0.4, 0.5) is 17.5 Å². The summed E-state index contributed by atoms with van der Waals surface area (Å²) >= 11 is 9.78. The van der Waals surface area contributed by atoms with Gasteiger partial charge in [0, 0.05) is 27.9 Å². The number of anilines is 3. The van der Waals surface area contributed by atoms with E-state index in [0.29, 0.717) is 16.0 Å². The van der Waals surface area contributed by atoms with Crippen LogP contribution in [0.2, 0.25) is 0 Å². The summed E-state index contributed by atoms with van der Waals surface area (Å²) < 4.78 is 29.6. The SMILES string of the molecule is COC[C@@H](Nc1nc(Nc2cc(Br)c(S(N)(=O)=O)c(Br)c2)ncc1Br)[C@@H](C)O. The standard InChI is InChI=1S/C15H18Br3N5O4S/c1-7(24)12(6-27-2)22-14-11(18)5-20-15(23-14)21-8-3-9(16)13(10(17)4-8)28(19,25)26/h3-5,7,12,24H,6H2,1-2H3,(H2,19,25,26)(H2,20,21,22,23)/t7-,12-/m1/s1. The molecule has 0 fully saturated rings. The zero-order valence-electron chi connectivity index (χ0n) is 14.8. The van der Waals surface area contributed by atoms with E-state index in [4.69, 9.17) is 9.88 Å². The lowest BCUT2D eigenvalue weighted by molar-refractivity contribution is 0.106. The number of rotatable bonds is 8. The minimum absolute atomic E-state index is 0.0588. The van der Waals surface area contributed by atoms with Crippen LogP contribution in [-0.2, 0) is 14.8 Å². The Bertz CT molecular complexity index is 936. The Balaban J connectivity index is 2.31. The van der Waals surface area contributed by atoms with Crippen LogP contribution in [0.25, 0.3) is 0 Å². The van der Waals surface area contributed by atoms with Crippen molar-refractivity contribution >= 4 is 75.3 Å². The highest BCUT2D eigenvalue weighted by atomic mass is 79.9. The number of aromatic nitrogens is 2. The maximum absolute atomic E-state index is 11.7. The highest BCUT2D eigenvalue weighted by molar-refractivity contribution is 9.11. The third-order valence-corrected chi connectivity index (χ3v) is 6.90. The summed E-state index contributed by atoms with van der Waals surface area (Å²) in [6, 6.07) is 2.72. The number of hydrogen-bond donors (Lipinski definition) is 4. The van der Waals surface area contributed by atoms with Gasteiger partial charge in [-0.1, -0.05) is 0 Å². The number of primary sulfonamides is 1. The van der Waals surface area contributed by atoms with E-state index in [9.17, 15) is 13.5 Å². The van der Waals surface area contributed by atoms with Gasteiger partial charge < -0.3 is 20.5 Å². The summed E-state index contributed by atoms with van der Waals surface area (Å²) in [5.74, 6) is 0.717. The highest BCUT2D eigenvalue weighted by Gasteiger charge is 2.19. The molecule has 28 heavy (non-hydrogen) atoms. The number of halogens is 3. The number of nitrogens with one attached hydrogen (secondary N) is 2. The molecule has 0 aliphatic carbocycles. The fourth-order valence-electron chi connectivity index (χ4n) is 2.22. The molecule has 0 unspecified atom stereocenters. The first-order valence-electron chi connectivity index (χ1n) is 7.78. The molecule has 0 amide bonds. The van der Waals surface area contributed by atoms with Gasteiger partial charge in [0.1, 0.15) is 10.7 Å². The molecule has 1 heterocycles. The van der Waals surface area contributed by atoms with E-state index in [1.807, 2.05) is 0 Å². The zero-order chi connectivity index (χ0) is 21.1. The predicted octanol–water partition coefficient (Wildman–Crippen LogP) is 2.96. The van der Waals surface area contributed by atoms with Gasteiger partial charge in [0.15, 0.2) is 0 Å². The first-order valence-corrected chi connectivity index (χ1v) is 11.7. The molecule has 0 aliphatic rings.